The number of rotatable bonds is 1. The van der Waals surface area contributed by atoms with Crippen LogP contribution >= 0.6 is 15.9 Å². The Hall–Kier alpha value is -1.09. The molecule has 0 fully saturated rings. The van der Waals surface area contributed by atoms with Crippen molar-refractivity contribution in [2.45, 2.75) is 13.8 Å². The third kappa shape index (κ3) is 1.51. The molecule has 0 spiro atoms. The minimum Gasteiger partial charge on any atom is -0.341 e. The molecule has 2 aromatic rings. The highest BCUT2D eigenvalue weighted by atomic mass is 79.9. The van der Waals surface area contributed by atoms with Gasteiger partial charge < -0.3 is 4.57 Å². The van der Waals surface area contributed by atoms with E-state index in [0.717, 1.165) is 26.6 Å². The first kappa shape index (κ1) is 10.4. The Kier molecular flexibility index (Phi) is 2.43. The first-order valence-corrected chi connectivity index (χ1v) is 5.57. The van der Waals surface area contributed by atoms with Gasteiger partial charge in [0.15, 0.2) is 5.78 Å². The van der Waals surface area contributed by atoms with Crippen LogP contribution in [0.3, 0.4) is 0 Å². The molecule has 2 rings (SSSR count). The van der Waals surface area contributed by atoms with E-state index in [9.17, 15) is 4.79 Å². The summed E-state index contributed by atoms with van der Waals surface area (Å²) in [7, 11) is 1.93. The molecule has 0 aliphatic heterocycles. The standard InChI is InChI=1S/C12H12BrNO/c1-7-10-6-9(13)4-5-11(10)14(3)12(7)8(2)15/h4-6H,1-3H3. The number of carbonyl (C=O) groups is 1. The summed E-state index contributed by atoms with van der Waals surface area (Å²) in [5.74, 6) is 0.113. The molecule has 0 aliphatic carbocycles. The van der Waals surface area contributed by atoms with Crippen molar-refractivity contribution < 1.29 is 4.79 Å². The van der Waals surface area contributed by atoms with Crippen LogP contribution in [0.15, 0.2) is 22.7 Å². The van der Waals surface area contributed by atoms with Crippen LogP contribution in [0.4, 0.5) is 0 Å². The number of hydrogen-bond donors (Lipinski definition) is 0. The van der Waals surface area contributed by atoms with Crippen LogP contribution < -0.4 is 0 Å². The second-order valence-corrected chi connectivity index (χ2v) is 4.67. The van der Waals surface area contributed by atoms with E-state index in [2.05, 4.69) is 22.0 Å². The van der Waals surface area contributed by atoms with Crippen LogP contribution in [0.1, 0.15) is 23.0 Å². The number of aromatic nitrogens is 1. The summed E-state index contributed by atoms with van der Waals surface area (Å²) >= 11 is 3.44. The smallest absolute Gasteiger partial charge is 0.176 e. The van der Waals surface area contributed by atoms with Crippen molar-refractivity contribution in [2.75, 3.05) is 0 Å². The summed E-state index contributed by atoms with van der Waals surface area (Å²) in [4.78, 5) is 11.5. The van der Waals surface area contributed by atoms with Crippen LogP contribution in [0.25, 0.3) is 10.9 Å². The van der Waals surface area contributed by atoms with E-state index in [4.69, 9.17) is 0 Å². The highest BCUT2D eigenvalue weighted by Gasteiger charge is 2.14. The average Bonchev–Trinajstić information content (AvgIpc) is 2.39. The van der Waals surface area contributed by atoms with Crippen molar-refractivity contribution in [3.63, 3.8) is 0 Å². The highest BCUT2D eigenvalue weighted by Crippen LogP contribution is 2.27. The van der Waals surface area contributed by atoms with Gasteiger partial charge in [-0.25, -0.2) is 0 Å². The zero-order chi connectivity index (χ0) is 11.2. The van der Waals surface area contributed by atoms with E-state index in [1.165, 1.54) is 0 Å². The Bertz CT molecular complexity index is 554. The average molecular weight is 266 g/mol. The summed E-state index contributed by atoms with van der Waals surface area (Å²) in [6, 6.07) is 6.07. The van der Waals surface area contributed by atoms with E-state index in [1.54, 1.807) is 6.92 Å². The Balaban J connectivity index is 2.91. The number of Topliss-reactive ketones (excluding diaryl/α,β-unsaturated/α-hetero) is 1. The molecular formula is C12H12BrNO. The molecule has 3 heteroatoms. The molecule has 0 N–H and O–H groups in total. The van der Waals surface area contributed by atoms with Gasteiger partial charge in [0, 0.05) is 29.3 Å². The number of fused-ring (bicyclic) bond motifs is 1. The lowest BCUT2D eigenvalue weighted by Crippen LogP contribution is -2.02. The van der Waals surface area contributed by atoms with Gasteiger partial charge in [-0.2, -0.15) is 0 Å². The van der Waals surface area contributed by atoms with Crippen molar-refractivity contribution in [1.82, 2.24) is 4.57 Å². The number of hydrogen-bond acceptors (Lipinski definition) is 1. The van der Waals surface area contributed by atoms with Gasteiger partial charge in [-0.15, -0.1) is 0 Å². The molecule has 0 saturated carbocycles. The summed E-state index contributed by atoms with van der Waals surface area (Å²) in [6.07, 6.45) is 0. The fraction of sp³-hybridized carbons (Fsp3) is 0.250. The normalized spacial score (nSPS) is 10.9. The van der Waals surface area contributed by atoms with Gasteiger partial charge in [0.2, 0.25) is 0 Å². The maximum Gasteiger partial charge on any atom is 0.176 e. The molecule has 15 heavy (non-hydrogen) atoms. The van der Waals surface area contributed by atoms with Crippen molar-refractivity contribution in [3.05, 3.63) is 33.9 Å². The number of benzene rings is 1. The summed E-state index contributed by atoms with van der Waals surface area (Å²) in [5, 5.41) is 1.14. The lowest BCUT2D eigenvalue weighted by Gasteiger charge is -2.00. The van der Waals surface area contributed by atoms with Crippen molar-refractivity contribution >= 4 is 32.6 Å². The molecule has 0 atom stereocenters. The van der Waals surface area contributed by atoms with Crippen LogP contribution in [-0.4, -0.2) is 10.4 Å². The molecule has 78 valence electrons. The van der Waals surface area contributed by atoms with Crippen LogP contribution in [0, 0.1) is 6.92 Å². The number of halogens is 1. The second-order valence-electron chi connectivity index (χ2n) is 3.75. The monoisotopic (exact) mass is 265 g/mol. The number of ketones is 1. The van der Waals surface area contributed by atoms with E-state index in [-0.39, 0.29) is 5.78 Å². The SMILES string of the molecule is CC(=O)c1c(C)c2cc(Br)ccc2n1C. The van der Waals surface area contributed by atoms with Gasteiger partial charge in [-0.3, -0.25) is 4.79 Å². The van der Waals surface area contributed by atoms with Crippen molar-refractivity contribution in [1.29, 1.82) is 0 Å². The Morgan fingerprint density at radius 2 is 2.07 bits per heavy atom. The zero-order valence-corrected chi connectivity index (χ0v) is 10.6. The molecule has 0 aliphatic rings. The number of nitrogens with zero attached hydrogens (tertiary/aromatic N) is 1. The van der Waals surface area contributed by atoms with Gasteiger partial charge >= 0.3 is 0 Å². The molecule has 1 heterocycles. The van der Waals surface area contributed by atoms with Crippen LogP contribution in [0.2, 0.25) is 0 Å². The first-order chi connectivity index (χ1) is 7.02. The van der Waals surface area contributed by atoms with Gasteiger partial charge in [0.25, 0.3) is 0 Å². The second kappa shape index (κ2) is 3.49. The lowest BCUT2D eigenvalue weighted by molar-refractivity contribution is 0.101. The molecule has 1 aromatic carbocycles. The van der Waals surface area contributed by atoms with Crippen molar-refractivity contribution in [2.24, 2.45) is 7.05 Å². The predicted octanol–water partition coefficient (Wildman–Crippen LogP) is 3.45. The fourth-order valence-corrected chi connectivity index (χ4v) is 2.46. The Morgan fingerprint density at radius 1 is 1.40 bits per heavy atom. The molecule has 0 bridgehead atoms. The van der Waals surface area contributed by atoms with E-state index >= 15 is 0 Å². The molecule has 0 radical (unpaired) electrons. The third-order valence-electron chi connectivity index (χ3n) is 2.75. The number of carbonyl (C=O) groups excluding carboxylic acids is 1. The van der Waals surface area contributed by atoms with Gasteiger partial charge in [-0.05, 0) is 30.7 Å². The highest BCUT2D eigenvalue weighted by molar-refractivity contribution is 9.10. The summed E-state index contributed by atoms with van der Waals surface area (Å²) in [6.45, 7) is 3.60. The quantitative estimate of drug-likeness (QED) is 0.724. The molecular weight excluding hydrogens is 254 g/mol. The summed E-state index contributed by atoms with van der Waals surface area (Å²) < 4.78 is 3.00. The lowest BCUT2D eigenvalue weighted by atomic mass is 10.1. The predicted molar refractivity (Wildman–Crippen MR) is 65.4 cm³/mol. The molecule has 1 aromatic heterocycles. The largest absolute Gasteiger partial charge is 0.341 e. The molecule has 0 saturated heterocycles. The summed E-state index contributed by atoms with van der Waals surface area (Å²) in [5.41, 5.74) is 2.95. The maximum absolute atomic E-state index is 11.5. The van der Waals surface area contributed by atoms with E-state index in [1.807, 2.05) is 30.7 Å². The molecule has 2 nitrogen and oxygen atoms in total. The topological polar surface area (TPSA) is 22.0 Å². The fourth-order valence-electron chi connectivity index (χ4n) is 2.10. The molecule has 0 unspecified atom stereocenters. The van der Waals surface area contributed by atoms with Crippen molar-refractivity contribution in [3.8, 4) is 0 Å². The third-order valence-corrected chi connectivity index (χ3v) is 3.24. The number of aryl methyl sites for hydroxylation is 2. The minimum atomic E-state index is 0.113. The molecule has 0 amide bonds. The maximum atomic E-state index is 11.5. The van der Waals surface area contributed by atoms with Gasteiger partial charge in [0.05, 0.1) is 5.69 Å². The Morgan fingerprint density at radius 3 is 2.67 bits per heavy atom. The van der Waals surface area contributed by atoms with Gasteiger partial charge in [-0.1, -0.05) is 15.9 Å². The zero-order valence-electron chi connectivity index (χ0n) is 8.97. The van der Waals surface area contributed by atoms with E-state index < -0.39 is 0 Å². The van der Waals surface area contributed by atoms with Crippen LogP contribution in [-0.2, 0) is 7.05 Å². The van der Waals surface area contributed by atoms with Crippen LogP contribution in [0.5, 0.6) is 0 Å². The van der Waals surface area contributed by atoms with E-state index in [0.29, 0.717) is 0 Å². The Labute approximate surface area is 97.0 Å². The van der Waals surface area contributed by atoms with Gasteiger partial charge in [0.1, 0.15) is 0 Å². The first-order valence-electron chi connectivity index (χ1n) is 4.78. The minimum absolute atomic E-state index is 0.113.